The maximum absolute atomic E-state index is 4.94. The molecule has 0 N–H and O–H groups in total. The first-order chi connectivity index (χ1) is 12.7. The lowest BCUT2D eigenvalue weighted by Gasteiger charge is -2.09. The largest absolute Gasteiger partial charge is 0.275 e. The molecule has 26 heavy (non-hydrogen) atoms. The zero-order chi connectivity index (χ0) is 17.9. The molecule has 4 nitrogen and oxygen atoms in total. The van der Waals surface area contributed by atoms with Gasteiger partial charge in [-0.15, -0.1) is 0 Å². The van der Waals surface area contributed by atoms with E-state index in [-0.39, 0.29) is 0 Å². The van der Waals surface area contributed by atoms with Gasteiger partial charge in [0.1, 0.15) is 11.2 Å². The molecule has 4 heteroatoms. The van der Waals surface area contributed by atoms with Crippen LogP contribution < -0.4 is 0 Å². The van der Waals surface area contributed by atoms with Gasteiger partial charge in [0.2, 0.25) is 0 Å². The van der Waals surface area contributed by atoms with Gasteiger partial charge >= 0.3 is 0 Å². The molecule has 0 saturated carbocycles. The Bertz CT molecular complexity index is 1130. The first-order valence-corrected chi connectivity index (χ1v) is 8.61. The number of hydrogen-bond donors (Lipinski definition) is 0. The summed E-state index contributed by atoms with van der Waals surface area (Å²) in [6.07, 6.45) is 2.71. The average Bonchev–Trinajstić information content (AvgIpc) is 3.11. The van der Waals surface area contributed by atoms with Crippen molar-refractivity contribution in [1.82, 2.24) is 19.7 Å². The highest BCUT2D eigenvalue weighted by atomic mass is 15.2. The molecule has 0 fully saturated rings. The molecular weight excluding hydrogens is 320 g/mol. The SMILES string of the molecule is CCc1nc2cccc(C#Cc3ccn(C)n3)c2nc1-c1ccccc1. The quantitative estimate of drug-likeness (QED) is 0.519. The smallest absolute Gasteiger partial charge is 0.135 e. The molecule has 0 unspecified atom stereocenters. The van der Waals surface area contributed by atoms with E-state index in [1.54, 1.807) is 4.68 Å². The van der Waals surface area contributed by atoms with Crippen molar-refractivity contribution in [3.63, 3.8) is 0 Å². The van der Waals surface area contributed by atoms with Gasteiger partial charge in [-0.1, -0.05) is 49.2 Å². The first-order valence-electron chi connectivity index (χ1n) is 8.61. The summed E-state index contributed by atoms with van der Waals surface area (Å²) in [4.78, 5) is 9.78. The minimum absolute atomic E-state index is 0.742. The van der Waals surface area contributed by atoms with Crippen LogP contribution in [0.2, 0.25) is 0 Å². The molecule has 2 aromatic heterocycles. The summed E-state index contributed by atoms with van der Waals surface area (Å²) in [5.74, 6) is 6.32. The Labute approximate surface area is 152 Å². The second-order valence-corrected chi connectivity index (χ2v) is 6.04. The van der Waals surface area contributed by atoms with Crippen LogP contribution in [0, 0.1) is 11.8 Å². The van der Waals surface area contributed by atoms with Crippen molar-refractivity contribution in [2.24, 2.45) is 7.05 Å². The Balaban J connectivity index is 1.89. The van der Waals surface area contributed by atoms with Gasteiger partial charge in [-0.2, -0.15) is 5.10 Å². The van der Waals surface area contributed by atoms with Crippen molar-refractivity contribution in [2.75, 3.05) is 0 Å². The van der Waals surface area contributed by atoms with Crippen molar-refractivity contribution in [1.29, 1.82) is 0 Å². The van der Waals surface area contributed by atoms with Crippen molar-refractivity contribution in [3.05, 3.63) is 77.7 Å². The maximum Gasteiger partial charge on any atom is 0.135 e. The van der Waals surface area contributed by atoms with Crippen molar-refractivity contribution in [3.8, 4) is 23.1 Å². The third-order valence-corrected chi connectivity index (χ3v) is 4.19. The Morgan fingerprint density at radius 1 is 0.923 bits per heavy atom. The highest BCUT2D eigenvalue weighted by Gasteiger charge is 2.11. The van der Waals surface area contributed by atoms with E-state index in [0.717, 1.165) is 45.7 Å². The van der Waals surface area contributed by atoms with E-state index in [1.807, 2.05) is 55.7 Å². The van der Waals surface area contributed by atoms with Gasteiger partial charge < -0.3 is 0 Å². The fourth-order valence-corrected chi connectivity index (χ4v) is 2.90. The van der Waals surface area contributed by atoms with E-state index in [0.29, 0.717) is 0 Å². The van der Waals surface area contributed by atoms with Gasteiger partial charge in [0.25, 0.3) is 0 Å². The molecule has 4 aromatic rings. The second kappa shape index (κ2) is 6.81. The lowest BCUT2D eigenvalue weighted by Crippen LogP contribution is -1.99. The Morgan fingerprint density at radius 2 is 1.77 bits per heavy atom. The van der Waals surface area contributed by atoms with Crippen LogP contribution in [-0.2, 0) is 13.5 Å². The predicted octanol–water partition coefficient (Wildman–Crippen LogP) is 3.99. The van der Waals surface area contributed by atoms with E-state index < -0.39 is 0 Å². The van der Waals surface area contributed by atoms with Gasteiger partial charge in [-0.25, -0.2) is 9.97 Å². The fourth-order valence-electron chi connectivity index (χ4n) is 2.90. The molecule has 0 aliphatic carbocycles. The summed E-state index contributed by atoms with van der Waals surface area (Å²) >= 11 is 0. The summed E-state index contributed by atoms with van der Waals surface area (Å²) in [6.45, 7) is 2.10. The Hall–Kier alpha value is -3.45. The molecule has 2 heterocycles. The lowest BCUT2D eigenvalue weighted by atomic mass is 10.1. The first kappa shape index (κ1) is 16.0. The number of nitrogens with zero attached hydrogens (tertiary/aromatic N) is 4. The normalized spacial score (nSPS) is 10.5. The number of para-hydroxylation sites is 1. The standard InChI is InChI=1S/C22H18N4/c1-3-19-21(16-8-5-4-6-9-16)24-22-17(10-7-11-20(22)23-19)12-13-18-14-15-26(2)25-18/h4-11,14-15H,3H2,1-2H3. The molecule has 0 aliphatic heterocycles. The van der Waals surface area contributed by atoms with E-state index in [2.05, 4.69) is 36.0 Å². The van der Waals surface area contributed by atoms with Crippen molar-refractivity contribution >= 4 is 11.0 Å². The third kappa shape index (κ3) is 3.07. The van der Waals surface area contributed by atoms with Crippen LogP contribution in [0.3, 0.4) is 0 Å². The van der Waals surface area contributed by atoms with Crippen LogP contribution in [0.4, 0.5) is 0 Å². The molecule has 0 bridgehead atoms. The van der Waals surface area contributed by atoms with Crippen molar-refractivity contribution < 1.29 is 0 Å². The van der Waals surface area contributed by atoms with Gasteiger partial charge in [0.05, 0.1) is 22.5 Å². The van der Waals surface area contributed by atoms with Gasteiger partial charge in [-0.3, -0.25) is 4.68 Å². The molecule has 0 amide bonds. The predicted molar refractivity (Wildman–Crippen MR) is 104 cm³/mol. The molecule has 0 aliphatic rings. The summed E-state index contributed by atoms with van der Waals surface area (Å²) in [5.41, 5.74) is 6.30. The van der Waals surface area contributed by atoms with Crippen LogP contribution in [0.1, 0.15) is 23.9 Å². The fraction of sp³-hybridized carbons (Fsp3) is 0.136. The van der Waals surface area contributed by atoms with Gasteiger partial charge in [0.15, 0.2) is 0 Å². The Kier molecular flexibility index (Phi) is 4.20. The molecule has 0 spiro atoms. The Morgan fingerprint density at radius 3 is 2.50 bits per heavy atom. The molecule has 0 atom stereocenters. The van der Waals surface area contributed by atoms with Crippen LogP contribution in [0.15, 0.2) is 60.8 Å². The minimum atomic E-state index is 0.742. The summed E-state index contributed by atoms with van der Waals surface area (Å²) in [6, 6.07) is 18.0. The monoisotopic (exact) mass is 338 g/mol. The van der Waals surface area contributed by atoms with Crippen LogP contribution >= 0.6 is 0 Å². The summed E-state index contributed by atoms with van der Waals surface area (Å²) < 4.78 is 1.74. The maximum atomic E-state index is 4.94. The number of fused-ring (bicyclic) bond motifs is 1. The summed E-state index contributed by atoms with van der Waals surface area (Å²) in [5, 5.41) is 4.31. The minimum Gasteiger partial charge on any atom is -0.275 e. The van der Waals surface area contributed by atoms with Gasteiger partial charge in [-0.05, 0) is 30.5 Å². The van der Waals surface area contributed by atoms with E-state index in [4.69, 9.17) is 9.97 Å². The van der Waals surface area contributed by atoms with Gasteiger partial charge in [0, 0.05) is 18.8 Å². The molecule has 0 radical (unpaired) electrons. The molecule has 2 aromatic carbocycles. The molecule has 126 valence electrons. The zero-order valence-corrected chi connectivity index (χ0v) is 14.8. The number of benzene rings is 2. The average molecular weight is 338 g/mol. The van der Waals surface area contributed by atoms with E-state index in [1.165, 1.54) is 0 Å². The number of hydrogen-bond acceptors (Lipinski definition) is 3. The lowest BCUT2D eigenvalue weighted by molar-refractivity contribution is 0.764. The topological polar surface area (TPSA) is 43.6 Å². The zero-order valence-electron chi connectivity index (χ0n) is 14.8. The van der Waals surface area contributed by atoms with Crippen LogP contribution in [0.25, 0.3) is 22.3 Å². The highest BCUT2D eigenvalue weighted by Crippen LogP contribution is 2.25. The summed E-state index contributed by atoms with van der Waals surface area (Å²) in [7, 11) is 1.88. The van der Waals surface area contributed by atoms with E-state index in [9.17, 15) is 0 Å². The van der Waals surface area contributed by atoms with E-state index >= 15 is 0 Å². The number of rotatable bonds is 2. The molecule has 0 saturated heterocycles. The van der Waals surface area contributed by atoms with Crippen LogP contribution in [-0.4, -0.2) is 19.7 Å². The van der Waals surface area contributed by atoms with Crippen molar-refractivity contribution in [2.45, 2.75) is 13.3 Å². The highest BCUT2D eigenvalue weighted by molar-refractivity contribution is 5.84. The number of aryl methyl sites for hydroxylation is 2. The molecular formula is C22H18N4. The van der Waals surface area contributed by atoms with Crippen LogP contribution in [0.5, 0.6) is 0 Å². The number of aromatic nitrogens is 4. The second-order valence-electron chi connectivity index (χ2n) is 6.04. The third-order valence-electron chi connectivity index (χ3n) is 4.19. The molecule has 4 rings (SSSR count).